The molecule has 0 bridgehead atoms. The molecule has 0 saturated heterocycles. The summed E-state index contributed by atoms with van der Waals surface area (Å²) in [5.41, 5.74) is 15.3. The molecule has 52 heavy (non-hydrogen) atoms. The number of hydrogen-bond acceptors (Lipinski definition) is 0. The third-order valence-electron chi connectivity index (χ3n) is 11.2. The van der Waals surface area contributed by atoms with E-state index < -0.39 is 0 Å². The van der Waals surface area contributed by atoms with Gasteiger partial charge in [-0.15, -0.1) is 0 Å². The van der Waals surface area contributed by atoms with Crippen molar-refractivity contribution in [2.75, 3.05) is 0 Å². The van der Waals surface area contributed by atoms with E-state index in [9.17, 15) is 0 Å². The van der Waals surface area contributed by atoms with E-state index in [0.717, 1.165) is 0 Å². The van der Waals surface area contributed by atoms with Gasteiger partial charge in [0.25, 0.3) is 0 Å². The van der Waals surface area contributed by atoms with Gasteiger partial charge >= 0.3 is 0 Å². The van der Waals surface area contributed by atoms with Crippen LogP contribution in [0.3, 0.4) is 0 Å². The molecule has 10 aromatic carbocycles. The molecule has 0 unspecified atom stereocenters. The SMILES string of the molecule is c1ccc(-c2cccc3ccccc23)c(-c2cc3cccc4c3c(c2-c2ccccc2-c2cccc3ccccc23)-c2c-4ccc3ccccc23)c1. The van der Waals surface area contributed by atoms with E-state index in [-0.39, 0.29) is 0 Å². The van der Waals surface area contributed by atoms with Crippen LogP contribution in [0.25, 0.3) is 110 Å². The molecule has 0 heteroatoms. The Balaban J connectivity index is 1.33. The summed E-state index contributed by atoms with van der Waals surface area (Å²) in [6.07, 6.45) is 0. The van der Waals surface area contributed by atoms with Crippen molar-refractivity contribution in [1.82, 2.24) is 0 Å². The summed E-state index contributed by atoms with van der Waals surface area (Å²) in [4.78, 5) is 0. The van der Waals surface area contributed by atoms with Crippen molar-refractivity contribution in [1.29, 1.82) is 0 Å². The first-order chi connectivity index (χ1) is 25.8. The van der Waals surface area contributed by atoms with E-state index in [2.05, 4.69) is 194 Å². The molecule has 0 spiro atoms. The quantitative estimate of drug-likeness (QED) is 0.177. The van der Waals surface area contributed by atoms with Crippen LogP contribution in [0.5, 0.6) is 0 Å². The molecule has 0 radical (unpaired) electrons. The number of rotatable bonds is 4. The fourth-order valence-corrected chi connectivity index (χ4v) is 9.00. The van der Waals surface area contributed by atoms with Gasteiger partial charge < -0.3 is 0 Å². The fourth-order valence-electron chi connectivity index (χ4n) is 9.00. The van der Waals surface area contributed by atoms with Gasteiger partial charge in [0.2, 0.25) is 0 Å². The second-order valence-corrected chi connectivity index (χ2v) is 13.9. The van der Waals surface area contributed by atoms with E-state index in [1.807, 2.05) is 0 Å². The summed E-state index contributed by atoms with van der Waals surface area (Å²) < 4.78 is 0. The molecule has 0 atom stereocenters. The molecule has 1 aliphatic rings. The maximum Gasteiger partial charge on any atom is -0.000160 e. The second-order valence-electron chi connectivity index (χ2n) is 13.9. The lowest BCUT2D eigenvalue weighted by Gasteiger charge is -2.22. The van der Waals surface area contributed by atoms with Crippen molar-refractivity contribution in [3.8, 4) is 66.8 Å². The normalized spacial score (nSPS) is 11.8. The van der Waals surface area contributed by atoms with Gasteiger partial charge in [-0.3, -0.25) is 0 Å². The predicted molar refractivity (Wildman–Crippen MR) is 223 cm³/mol. The van der Waals surface area contributed by atoms with Crippen LogP contribution in [0.15, 0.2) is 194 Å². The molecule has 0 saturated carbocycles. The van der Waals surface area contributed by atoms with Crippen molar-refractivity contribution in [2.45, 2.75) is 0 Å². The van der Waals surface area contributed by atoms with E-state index in [4.69, 9.17) is 0 Å². The standard InChI is InChI=1S/C52H32/c1-4-20-37-33(14-1)17-11-27-40(37)42-23-7-8-25-44(42)48-32-36-19-13-29-46-47-31-30-35-16-3-6-22-39(35)50(47)52(49(36)46)51(48)45-26-10-9-24-43(45)41-28-12-18-34-15-2-5-21-38(34)41/h1-32H. The van der Waals surface area contributed by atoms with Crippen LogP contribution in [0.4, 0.5) is 0 Å². The lowest BCUT2D eigenvalue weighted by molar-refractivity contribution is 1.58. The zero-order chi connectivity index (χ0) is 34.2. The summed E-state index contributed by atoms with van der Waals surface area (Å²) in [6, 6.07) is 71.9. The molecular formula is C52H32. The monoisotopic (exact) mass is 656 g/mol. The maximum atomic E-state index is 2.47. The Morgan fingerprint density at radius 1 is 0.192 bits per heavy atom. The molecule has 11 rings (SSSR count). The highest BCUT2D eigenvalue weighted by molar-refractivity contribution is 6.27. The van der Waals surface area contributed by atoms with E-state index in [0.29, 0.717) is 0 Å². The van der Waals surface area contributed by atoms with E-state index >= 15 is 0 Å². The molecule has 0 nitrogen and oxygen atoms in total. The van der Waals surface area contributed by atoms with Gasteiger partial charge in [-0.2, -0.15) is 0 Å². The summed E-state index contributed by atoms with van der Waals surface area (Å²) in [6.45, 7) is 0. The fraction of sp³-hybridized carbons (Fsp3) is 0. The Morgan fingerprint density at radius 2 is 0.615 bits per heavy atom. The van der Waals surface area contributed by atoms with Gasteiger partial charge in [-0.25, -0.2) is 0 Å². The Morgan fingerprint density at radius 3 is 1.25 bits per heavy atom. The first-order valence-corrected chi connectivity index (χ1v) is 18.1. The van der Waals surface area contributed by atoms with Crippen molar-refractivity contribution in [2.24, 2.45) is 0 Å². The van der Waals surface area contributed by atoms with Crippen LogP contribution in [0, 0.1) is 0 Å². The van der Waals surface area contributed by atoms with Crippen LogP contribution < -0.4 is 0 Å². The Labute approximate surface area is 302 Å². The average molecular weight is 657 g/mol. The Hall–Kier alpha value is -6.76. The van der Waals surface area contributed by atoms with Crippen LogP contribution in [-0.4, -0.2) is 0 Å². The third-order valence-corrected chi connectivity index (χ3v) is 11.2. The van der Waals surface area contributed by atoms with E-state index in [1.165, 1.54) is 110 Å². The summed E-state index contributed by atoms with van der Waals surface area (Å²) >= 11 is 0. The molecule has 10 aromatic rings. The number of benzene rings is 10. The third kappa shape index (κ3) is 4.22. The molecule has 0 aromatic heterocycles. The minimum atomic E-state index is 1.24. The number of fused-ring (bicyclic) bond motifs is 7. The van der Waals surface area contributed by atoms with Gasteiger partial charge in [-0.1, -0.05) is 188 Å². The van der Waals surface area contributed by atoms with Gasteiger partial charge in [0.1, 0.15) is 0 Å². The minimum Gasteiger partial charge on any atom is -0.0616 e. The molecule has 0 heterocycles. The van der Waals surface area contributed by atoms with Crippen molar-refractivity contribution < 1.29 is 0 Å². The lowest BCUT2D eigenvalue weighted by atomic mass is 9.80. The van der Waals surface area contributed by atoms with Crippen LogP contribution in [-0.2, 0) is 0 Å². The van der Waals surface area contributed by atoms with Gasteiger partial charge in [0.05, 0.1) is 0 Å². The van der Waals surface area contributed by atoms with Crippen LogP contribution in [0.1, 0.15) is 0 Å². The first kappa shape index (κ1) is 29.0. The zero-order valence-corrected chi connectivity index (χ0v) is 28.5. The second kappa shape index (κ2) is 11.4. The topological polar surface area (TPSA) is 0 Å². The van der Waals surface area contributed by atoms with E-state index in [1.54, 1.807) is 0 Å². The van der Waals surface area contributed by atoms with Gasteiger partial charge in [0, 0.05) is 0 Å². The van der Waals surface area contributed by atoms with Crippen LogP contribution >= 0.6 is 0 Å². The summed E-state index contributed by atoms with van der Waals surface area (Å²) in [7, 11) is 0. The van der Waals surface area contributed by atoms with Crippen molar-refractivity contribution in [3.63, 3.8) is 0 Å². The molecule has 240 valence electrons. The predicted octanol–water partition coefficient (Wildman–Crippen LogP) is 14.6. The smallest absolute Gasteiger partial charge is 0.000160 e. The highest BCUT2D eigenvalue weighted by atomic mass is 14.3. The minimum absolute atomic E-state index is 1.24. The zero-order valence-electron chi connectivity index (χ0n) is 28.5. The van der Waals surface area contributed by atoms with Crippen molar-refractivity contribution >= 4 is 43.1 Å². The lowest BCUT2D eigenvalue weighted by Crippen LogP contribution is -1.96. The molecular weight excluding hydrogens is 625 g/mol. The highest BCUT2D eigenvalue weighted by Crippen LogP contribution is 2.58. The summed E-state index contributed by atoms with van der Waals surface area (Å²) in [5, 5.41) is 10.2. The van der Waals surface area contributed by atoms with Crippen LogP contribution in [0.2, 0.25) is 0 Å². The molecule has 0 aliphatic heterocycles. The maximum absolute atomic E-state index is 2.47. The summed E-state index contributed by atoms with van der Waals surface area (Å²) in [5.74, 6) is 0. The Bertz CT molecular complexity index is 3060. The largest absolute Gasteiger partial charge is 0.0616 e. The van der Waals surface area contributed by atoms with Gasteiger partial charge in [-0.05, 0) is 116 Å². The number of hydrogen-bond donors (Lipinski definition) is 0. The first-order valence-electron chi connectivity index (χ1n) is 18.1. The Kier molecular flexibility index (Phi) is 6.35. The molecule has 0 amide bonds. The van der Waals surface area contributed by atoms with Crippen molar-refractivity contribution in [3.05, 3.63) is 194 Å². The average Bonchev–Trinajstić information content (AvgIpc) is 3.56. The molecule has 0 N–H and O–H groups in total. The van der Waals surface area contributed by atoms with Gasteiger partial charge in [0.15, 0.2) is 0 Å². The molecule has 0 fully saturated rings. The molecule has 1 aliphatic carbocycles. The highest BCUT2D eigenvalue weighted by Gasteiger charge is 2.30.